The van der Waals surface area contributed by atoms with Gasteiger partial charge in [0.05, 0.1) is 21.5 Å². The van der Waals surface area contributed by atoms with Crippen molar-refractivity contribution in [2.45, 2.75) is 25.8 Å². The normalized spacial score (nSPS) is 16.5. The quantitative estimate of drug-likeness (QED) is 0.849. The molecule has 2 amide bonds. The number of hydrogen-bond acceptors (Lipinski definition) is 3. The van der Waals surface area contributed by atoms with E-state index in [2.05, 4.69) is 5.32 Å². The summed E-state index contributed by atoms with van der Waals surface area (Å²) in [4.78, 5) is 37.2. The van der Waals surface area contributed by atoms with Crippen molar-refractivity contribution in [3.8, 4) is 0 Å². The molecule has 0 bridgehead atoms. The second-order valence-electron chi connectivity index (χ2n) is 5.73. The lowest BCUT2D eigenvalue weighted by Gasteiger charge is -2.32. The van der Waals surface area contributed by atoms with Crippen molar-refractivity contribution in [2.24, 2.45) is 5.92 Å². The molecule has 24 heavy (non-hydrogen) atoms. The number of carbonyl (C=O) groups excluding carboxylic acids is 2. The summed E-state index contributed by atoms with van der Waals surface area (Å²) in [6.45, 7) is 2.32. The smallest absolute Gasteiger partial charge is 0.306 e. The molecule has 1 aliphatic heterocycles. The third kappa shape index (κ3) is 4.19. The maximum Gasteiger partial charge on any atom is 0.306 e. The third-order valence-corrected chi connectivity index (χ3v) is 4.89. The summed E-state index contributed by atoms with van der Waals surface area (Å²) in [5.74, 6) is -1.97. The molecule has 1 saturated heterocycles. The van der Waals surface area contributed by atoms with Crippen LogP contribution in [0.4, 0.5) is 0 Å². The van der Waals surface area contributed by atoms with Gasteiger partial charge in [-0.1, -0.05) is 29.3 Å². The van der Waals surface area contributed by atoms with Gasteiger partial charge in [0, 0.05) is 13.1 Å². The van der Waals surface area contributed by atoms with Gasteiger partial charge in [0.15, 0.2) is 0 Å². The summed E-state index contributed by atoms with van der Waals surface area (Å²) in [5.41, 5.74) is 0.202. The Morgan fingerprint density at radius 1 is 1.25 bits per heavy atom. The van der Waals surface area contributed by atoms with E-state index in [1.807, 2.05) is 0 Å². The van der Waals surface area contributed by atoms with Crippen LogP contribution in [0.3, 0.4) is 0 Å². The number of piperidine rings is 1. The molecule has 1 heterocycles. The van der Waals surface area contributed by atoms with E-state index >= 15 is 0 Å². The Bertz CT molecular complexity index is 657. The summed E-state index contributed by atoms with van der Waals surface area (Å²) in [6.07, 6.45) is 0.837. The molecule has 130 valence electrons. The minimum atomic E-state index is -0.834. The Morgan fingerprint density at radius 3 is 2.46 bits per heavy atom. The van der Waals surface area contributed by atoms with E-state index in [4.69, 9.17) is 28.3 Å². The van der Waals surface area contributed by atoms with Gasteiger partial charge in [0.1, 0.15) is 6.04 Å². The largest absolute Gasteiger partial charge is 0.481 e. The molecule has 1 atom stereocenters. The minimum Gasteiger partial charge on any atom is -0.481 e. The molecule has 0 saturated carbocycles. The SMILES string of the molecule is CC(NC(=O)c1cccc(Cl)c1Cl)C(=O)N1CCC(C(=O)O)CC1. The zero-order chi connectivity index (χ0) is 17.9. The van der Waals surface area contributed by atoms with E-state index in [0.29, 0.717) is 25.9 Å². The Hall–Kier alpha value is -1.79. The molecule has 0 aliphatic carbocycles. The van der Waals surface area contributed by atoms with E-state index in [0.717, 1.165) is 0 Å². The van der Waals surface area contributed by atoms with Crippen LogP contribution >= 0.6 is 23.2 Å². The topological polar surface area (TPSA) is 86.7 Å². The van der Waals surface area contributed by atoms with Gasteiger partial charge in [0.25, 0.3) is 5.91 Å². The van der Waals surface area contributed by atoms with Gasteiger partial charge < -0.3 is 15.3 Å². The van der Waals surface area contributed by atoms with Crippen molar-refractivity contribution in [1.82, 2.24) is 10.2 Å². The molecule has 1 fully saturated rings. The van der Waals surface area contributed by atoms with Crippen molar-refractivity contribution in [2.75, 3.05) is 13.1 Å². The number of rotatable bonds is 4. The van der Waals surface area contributed by atoms with Crippen LogP contribution in [0.5, 0.6) is 0 Å². The molecular formula is C16H18Cl2N2O4. The number of hydrogen-bond donors (Lipinski definition) is 2. The molecule has 0 spiro atoms. The van der Waals surface area contributed by atoms with Gasteiger partial charge >= 0.3 is 5.97 Å². The lowest BCUT2D eigenvalue weighted by molar-refractivity contribution is -0.146. The maximum atomic E-state index is 12.4. The number of nitrogens with zero attached hydrogens (tertiary/aromatic N) is 1. The van der Waals surface area contributed by atoms with E-state index in [1.54, 1.807) is 24.0 Å². The highest BCUT2D eigenvalue weighted by Gasteiger charge is 2.30. The van der Waals surface area contributed by atoms with E-state index in [-0.39, 0.29) is 21.5 Å². The molecule has 1 aliphatic rings. The number of aliphatic carboxylic acids is 1. The zero-order valence-corrected chi connectivity index (χ0v) is 14.6. The van der Waals surface area contributed by atoms with Crippen LogP contribution in [0, 0.1) is 5.92 Å². The summed E-state index contributed by atoms with van der Waals surface area (Å²) in [6, 6.07) is 3.96. The first-order valence-electron chi connectivity index (χ1n) is 7.57. The minimum absolute atomic E-state index is 0.138. The number of likely N-dealkylation sites (tertiary alicyclic amines) is 1. The Balaban J connectivity index is 1.95. The Morgan fingerprint density at radius 2 is 1.88 bits per heavy atom. The van der Waals surface area contributed by atoms with Crippen molar-refractivity contribution in [1.29, 1.82) is 0 Å². The monoisotopic (exact) mass is 372 g/mol. The highest BCUT2D eigenvalue weighted by molar-refractivity contribution is 6.43. The van der Waals surface area contributed by atoms with Crippen LogP contribution in [-0.2, 0) is 9.59 Å². The third-order valence-electron chi connectivity index (χ3n) is 4.07. The van der Waals surface area contributed by atoms with Crippen LogP contribution in [0.25, 0.3) is 0 Å². The number of carbonyl (C=O) groups is 3. The number of nitrogens with one attached hydrogen (secondary N) is 1. The van der Waals surface area contributed by atoms with Gasteiger partial charge in [-0.25, -0.2) is 0 Å². The van der Waals surface area contributed by atoms with Crippen LogP contribution in [-0.4, -0.2) is 46.9 Å². The first kappa shape index (κ1) is 18.5. The molecule has 6 nitrogen and oxygen atoms in total. The van der Waals surface area contributed by atoms with E-state index < -0.39 is 23.8 Å². The molecule has 1 aromatic carbocycles. The van der Waals surface area contributed by atoms with Crippen molar-refractivity contribution in [3.63, 3.8) is 0 Å². The van der Waals surface area contributed by atoms with Gasteiger partial charge in [0.2, 0.25) is 5.91 Å². The van der Waals surface area contributed by atoms with Gasteiger partial charge in [-0.3, -0.25) is 14.4 Å². The fourth-order valence-corrected chi connectivity index (χ4v) is 3.02. The number of amides is 2. The van der Waals surface area contributed by atoms with E-state index in [1.165, 1.54) is 6.07 Å². The molecule has 0 aromatic heterocycles. The second-order valence-corrected chi connectivity index (χ2v) is 6.52. The molecule has 2 rings (SSSR count). The van der Waals surface area contributed by atoms with Crippen LogP contribution in [0.1, 0.15) is 30.1 Å². The van der Waals surface area contributed by atoms with E-state index in [9.17, 15) is 14.4 Å². The highest BCUT2D eigenvalue weighted by Crippen LogP contribution is 2.25. The van der Waals surface area contributed by atoms with Gasteiger partial charge in [-0.15, -0.1) is 0 Å². The summed E-state index contributed by atoms with van der Waals surface area (Å²) in [7, 11) is 0. The zero-order valence-electron chi connectivity index (χ0n) is 13.1. The summed E-state index contributed by atoms with van der Waals surface area (Å²) in [5, 5.41) is 12.0. The number of benzene rings is 1. The Kier molecular flexibility index (Phi) is 6.07. The Labute approximate surface area is 149 Å². The average molecular weight is 373 g/mol. The van der Waals surface area contributed by atoms with Gasteiger partial charge in [-0.05, 0) is 31.9 Å². The molecular weight excluding hydrogens is 355 g/mol. The first-order valence-corrected chi connectivity index (χ1v) is 8.33. The molecule has 1 aromatic rings. The fourth-order valence-electron chi connectivity index (χ4n) is 2.64. The van der Waals surface area contributed by atoms with Crippen molar-refractivity contribution in [3.05, 3.63) is 33.8 Å². The summed E-state index contributed by atoms with van der Waals surface area (Å²) >= 11 is 11.9. The number of carboxylic acid groups (broad SMARTS) is 1. The standard InChI is InChI=1S/C16H18Cl2N2O4/c1-9(15(22)20-7-5-10(6-8-20)16(23)24)19-14(21)11-3-2-4-12(17)13(11)18/h2-4,9-10H,5-8H2,1H3,(H,19,21)(H,23,24). The lowest BCUT2D eigenvalue weighted by atomic mass is 9.97. The van der Waals surface area contributed by atoms with Crippen molar-refractivity contribution >= 4 is 41.0 Å². The fraction of sp³-hybridized carbons (Fsp3) is 0.438. The molecule has 1 unspecified atom stereocenters. The predicted molar refractivity (Wildman–Crippen MR) is 90.3 cm³/mol. The summed E-state index contributed by atoms with van der Waals surface area (Å²) < 4.78 is 0. The van der Waals surface area contributed by atoms with Gasteiger partial charge in [-0.2, -0.15) is 0 Å². The first-order chi connectivity index (χ1) is 11.3. The predicted octanol–water partition coefficient (Wildman–Crippen LogP) is 2.43. The molecule has 0 radical (unpaired) electrons. The van der Waals surface area contributed by atoms with Crippen LogP contribution in [0.2, 0.25) is 10.0 Å². The second kappa shape index (κ2) is 7.85. The highest BCUT2D eigenvalue weighted by atomic mass is 35.5. The average Bonchev–Trinajstić information content (AvgIpc) is 2.56. The maximum absolute atomic E-state index is 12.4. The van der Waals surface area contributed by atoms with Crippen LogP contribution in [0.15, 0.2) is 18.2 Å². The molecule has 8 heteroatoms. The molecule has 2 N–H and O–H groups in total. The number of halogens is 2. The number of carboxylic acids is 1. The van der Waals surface area contributed by atoms with Crippen LogP contribution < -0.4 is 5.32 Å². The van der Waals surface area contributed by atoms with Crippen molar-refractivity contribution < 1.29 is 19.5 Å². The lowest BCUT2D eigenvalue weighted by Crippen LogP contribution is -2.49.